The van der Waals surface area contributed by atoms with Gasteiger partial charge in [0.25, 0.3) is 0 Å². The molecular weight excluding hydrogens is 412 g/mol. The molecule has 2 aromatic carbocycles. The molecule has 3 aromatic rings. The Kier molecular flexibility index (Phi) is 5.56. The standard InChI is InChI=1S/C21H20O10/c22-8-14-16(25)17(26)19(28)21(31-14)29-11-5-6-12-13(7-11)30-20(18(27)15(12)24)9-1-3-10(23)4-2-9/h1-7,14,16-17,19,21-23,25-28H,8H2. The lowest BCUT2D eigenvalue weighted by molar-refractivity contribution is -0.277. The van der Waals surface area contributed by atoms with Gasteiger partial charge in [0.1, 0.15) is 41.5 Å². The number of aromatic hydroxyl groups is 2. The number of hydrogen-bond acceptors (Lipinski definition) is 10. The van der Waals surface area contributed by atoms with E-state index < -0.39 is 48.5 Å². The molecule has 164 valence electrons. The van der Waals surface area contributed by atoms with Gasteiger partial charge in [0.05, 0.1) is 12.0 Å². The van der Waals surface area contributed by atoms with Gasteiger partial charge in [-0.05, 0) is 36.4 Å². The van der Waals surface area contributed by atoms with Gasteiger partial charge in [-0.1, -0.05) is 0 Å². The molecule has 31 heavy (non-hydrogen) atoms. The van der Waals surface area contributed by atoms with Gasteiger partial charge >= 0.3 is 0 Å². The highest BCUT2D eigenvalue weighted by Gasteiger charge is 2.44. The quantitative estimate of drug-likeness (QED) is 0.331. The van der Waals surface area contributed by atoms with Crippen LogP contribution in [0.4, 0.5) is 0 Å². The molecule has 1 aliphatic heterocycles. The molecule has 4 rings (SSSR count). The van der Waals surface area contributed by atoms with E-state index in [9.17, 15) is 35.4 Å². The summed E-state index contributed by atoms with van der Waals surface area (Å²) in [4.78, 5) is 12.6. The van der Waals surface area contributed by atoms with E-state index in [4.69, 9.17) is 13.9 Å². The minimum atomic E-state index is -1.60. The lowest BCUT2D eigenvalue weighted by atomic mass is 9.99. The molecule has 1 aromatic heterocycles. The lowest BCUT2D eigenvalue weighted by Gasteiger charge is -2.39. The number of hydrogen-bond donors (Lipinski definition) is 6. The van der Waals surface area contributed by atoms with Crippen LogP contribution in [0.5, 0.6) is 17.2 Å². The van der Waals surface area contributed by atoms with Crippen LogP contribution < -0.4 is 10.2 Å². The number of aliphatic hydroxyl groups is 4. The Morgan fingerprint density at radius 3 is 2.32 bits per heavy atom. The molecule has 0 radical (unpaired) electrons. The molecule has 0 amide bonds. The number of ether oxygens (including phenoxy) is 2. The van der Waals surface area contributed by atoms with E-state index in [0.29, 0.717) is 5.56 Å². The Labute approximate surface area is 174 Å². The van der Waals surface area contributed by atoms with Crippen molar-refractivity contribution in [1.82, 2.24) is 0 Å². The molecule has 5 atom stereocenters. The minimum Gasteiger partial charge on any atom is -0.508 e. The third-order valence-corrected chi connectivity index (χ3v) is 5.07. The van der Waals surface area contributed by atoms with Crippen molar-refractivity contribution in [3.05, 3.63) is 52.7 Å². The number of phenolic OH excluding ortho intramolecular Hbond substituents is 1. The smallest absolute Gasteiger partial charge is 0.235 e. The normalized spacial score (nSPS) is 26.1. The van der Waals surface area contributed by atoms with Gasteiger partial charge < -0.3 is 44.5 Å². The van der Waals surface area contributed by atoms with E-state index >= 15 is 0 Å². The minimum absolute atomic E-state index is 0.00147. The van der Waals surface area contributed by atoms with Gasteiger partial charge in [-0.15, -0.1) is 0 Å². The van der Waals surface area contributed by atoms with Crippen LogP contribution in [0.15, 0.2) is 51.7 Å². The van der Waals surface area contributed by atoms with E-state index in [1.54, 1.807) is 0 Å². The fraction of sp³-hybridized carbons (Fsp3) is 0.286. The van der Waals surface area contributed by atoms with E-state index in [0.717, 1.165) is 0 Å². The summed E-state index contributed by atoms with van der Waals surface area (Å²) in [6.45, 7) is -0.604. The van der Waals surface area contributed by atoms with Gasteiger partial charge in [-0.25, -0.2) is 0 Å². The Morgan fingerprint density at radius 2 is 1.65 bits per heavy atom. The summed E-state index contributed by atoms with van der Waals surface area (Å²) in [7, 11) is 0. The molecule has 10 nitrogen and oxygen atoms in total. The molecule has 6 N–H and O–H groups in total. The Hall–Kier alpha value is -3.15. The second kappa shape index (κ2) is 8.17. The zero-order chi connectivity index (χ0) is 22.3. The molecular formula is C21H20O10. The van der Waals surface area contributed by atoms with Crippen molar-refractivity contribution >= 4 is 11.0 Å². The molecule has 1 aliphatic rings. The first-order valence-corrected chi connectivity index (χ1v) is 9.36. The summed E-state index contributed by atoms with van der Waals surface area (Å²) in [6, 6.07) is 9.74. The van der Waals surface area contributed by atoms with Crippen molar-refractivity contribution in [2.24, 2.45) is 0 Å². The van der Waals surface area contributed by atoms with Crippen LogP contribution in [0.2, 0.25) is 0 Å². The number of fused-ring (bicyclic) bond motifs is 1. The van der Waals surface area contributed by atoms with Crippen LogP contribution in [0.3, 0.4) is 0 Å². The first-order valence-electron chi connectivity index (χ1n) is 9.36. The molecule has 10 heteroatoms. The number of benzene rings is 2. The Bertz CT molecular complexity index is 1140. The predicted octanol–water partition coefficient (Wildman–Crippen LogP) is 0.0499. The van der Waals surface area contributed by atoms with Crippen molar-refractivity contribution in [2.45, 2.75) is 30.7 Å². The highest BCUT2D eigenvalue weighted by Crippen LogP contribution is 2.33. The predicted molar refractivity (Wildman–Crippen MR) is 106 cm³/mol. The van der Waals surface area contributed by atoms with E-state index in [-0.39, 0.29) is 28.2 Å². The molecule has 0 aliphatic carbocycles. The van der Waals surface area contributed by atoms with Crippen LogP contribution in [0.1, 0.15) is 0 Å². The maximum atomic E-state index is 12.6. The van der Waals surface area contributed by atoms with Gasteiger partial charge in [0.15, 0.2) is 5.76 Å². The fourth-order valence-electron chi connectivity index (χ4n) is 3.34. The third-order valence-electron chi connectivity index (χ3n) is 5.07. The maximum absolute atomic E-state index is 12.6. The van der Waals surface area contributed by atoms with Crippen LogP contribution in [0.25, 0.3) is 22.3 Å². The van der Waals surface area contributed by atoms with E-state index in [2.05, 4.69) is 0 Å². The van der Waals surface area contributed by atoms with Crippen molar-refractivity contribution < 1.29 is 44.5 Å². The molecule has 5 unspecified atom stereocenters. The zero-order valence-corrected chi connectivity index (χ0v) is 16.0. The second-order valence-corrected chi connectivity index (χ2v) is 7.13. The van der Waals surface area contributed by atoms with Crippen LogP contribution in [-0.2, 0) is 4.74 Å². The SMILES string of the molecule is O=c1c(O)c(-c2ccc(O)cc2)oc2cc(OC3OC(CO)C(O)C(O)C3O)ccc12. The van der Waals surface area contributed by atoms with E-state index in [1.165, 1.54) is 42.5 Å². The first-order chi connectivity index (χ1) is 14.8. The summed E-state index contributed by atoms with van der Waals surface area (Å²) in [5, 5.41) is 58.9. The summed E-state index contributed by atoms with van der Waals surface area (Å²) < 4.78 is 16.5. The Morgan fingerprint density at radius 1 is 0.935 bits per heavy atom. The second-order valence-electron chi connectivity index (χ2n) is 7.13. The van der Waals surface area contributed by atoms with Gasteiger partial charge in [-0.3, -0.25) is 4.79 Å². The van der Waals surface area contributed by atoms with Gasteiger partial charge in [-0.2, -0.15) is 0 Å². The molecule has 0 saturated carbocycles. The van der Waals surface area contributed by atoms with Crippen LogP contribution >= 0.6 is 0 Å². The summed E-state index contributed by atoms with van der Waals surface area (Å²) in [5.41, 5.74) is -0.258. The largest absolute Gasteiger partial charge is 0.508 e. The molecule has 1 fully saturated rings. The van der Waals surface area contributed by atoms with Crippen molar-refractivity contribution in [3.63, 3.8) is 0 Å². The summed E-state index contributed by atoms with van der Waals surface area (Å²) >= 11 is 0. The van der Waals surface area contributed by atoms with Crippen molar-refractivity contribution in [2.75, 3.05) is 6.61 Å². The van der Waals surface area contributed by atoms with Crippen molar-refractivity contribution in [1.29, 1.82) is 0 Å². The monoisotopic (exact) mass is 432 g/mol. The maximum Gasteiger partial charge on any atom is 0.235 e. The molecule has 2 heterocycles. The number of phenols is 1. The van der Waals surface area contributed by atoms with Crippen LogP contribution in [-0.4, -0.2) is 68.0 Å². The van der Waals surface area contributed by atoms with E-state index in [1.807, 2.05) is 0 Å². The fourth-order valence-corrected chi connectivity index (χ4v) is 3.34. The highest BCUT2D eigenvalue weighted by molar-refractivity contribution is 5.83. The van der Waals surface area contributed by atoms with Gasteiger partial charge in [0, 0.05) is 11.6 Å². The van der Waals surface area contributed by atoms with Crippen molar-refractivity contribution in [3.8, 4) is 28.6 Å². The third kappa shape index (κ3) is 3.82. The van der Waals surface area contributed by atoms with Gasteiger partial charge in [0.2, 0.25) is 17.5 Å². The topological polar surface area (TPSA) is 170 Å². The van der Waals surface area contributed by atoms with Crippen LogP contribution in [0, 0.1) is 0 Å². The average Bonchev–Trinajstić information content (AvgIpc) is 2.77. The summed E-state index contributed by atoms with van der Waals surface area (Å²) in [5.74, 6) is -0.604. The zero-order valence-electron chi connectivity index (χ0n) is 16.0. The number of rotatable bonds is 4. The highest BCUT2D eigenvalue weighted by atomic mass is 16.7. The Balaban J connectivity index is 1.70. The molecule has 0 bridgehead atoms. The average molecular weight is 432 g/mol. The number of aliphatic hydroxyl groups excluding tert-OH is 4. The summed E-state index contributed by atoms with van der Waals surface area (Å²) in [6.07, 6.45) is -7.28. The lowest BCUT2D eigenvalue weighted by Crippen LogP contribution is -2.60. The molecule has 1 saturated heterocycles. The first kappa shape index (κ1) is 21.1. The molecule has 0 spiro atoms.